The fourth-order valence-corrected chi connectivity index (χ4v) is 5.36. The first kappa shape index (κ1) is 33.4. The lowest BCUT2D eigenvalue weighted by molar-refractivity contribution is 0.0825. The van der Waals surface area contributed by atoms with Gasteiger partial charge in [-0.15, -0.1) is 0 Å². The molecule has 4 rings (SSSR count). The number of amides is 2. The van der Waals surface area contributed by atoms with Gasteiger partial charge in [0.1, 0.15) is 5.75 Å². The highest BCUT2D eigenvalue weighted by atomic mass is 16.5. The molecule has 0 aliphatic heterocycles. The Morgan fingerprint density at radius 1 is 0.756 bits per heavy atom. The number of ether oxygens (including phenoxy) is 1. The number of carbonyl (C=O) groups excluding carboxylic acids is 2. The zero-order chi connectivity index (χ0) is 32.3. The molecule has 4 aromatic carbocycles. The first-order valence-corrected chi connectivity index (χ1v) is 15.6. The van der Waals surface area contributed by atoms with E-state index in [2.05, 4.69) is 54.1 Å². The maximum atomic E-state index is 13.6. The van der Waals surface area contributed by atoms with Crippen molar-refractivity contribution in [2.45, 2.75) is 64.8 Å². The van der Waals surface area contributed by atoms with Gasteiger partial charge in [0.25, 0.3) is 11.8 Å². The molecule has 7 nitrogen and oxygen atoms in total. The van der Waals surface area contributed by atoms with Crippen LogP contribution in [0.1, 0.15) is 81.4 Å². The van der Waals surface area contributed by atoms with Crippen molar-refractivity contribution in [2.24, 2.45) is 0 Å². The molecule has 4 N–H and O–H groups in total. The summed E-state index contributed by atoms with van der Waals surface area (Å²) in [4.78, 5) is 26.9. The van der Waals surface area contributed by atoms with Crippen molar-refractivity contribution in [3.05, 3.63) is 136 Å². The van der Waals surface area contributed by atoms with Gasteiger partial charge in [-0.05, 0) is 91.8 Å². The molecule has 236 valence electrons. The molecule has 4 aromatic rings. The average molecular weight is 608 g/mol. The Bertz CT molecular complexity index is 1570. The zero-order valence-electron chi connectivity index (χ0n) is 26.8. The number of carbonyl (C=O) groups is 2. The number of aliphatic hydroxyl groups is 1. The summed E-state index contributed by atoms with van der Waals surface area (Å²) in [5, 5.41) is 20.9. The summed E-state index contributed by atoms with van der Waals surface area (Å²) in [5.41, 5.74) is 5.85. The quantitative estimate of drug-likeness (QED) is 0.139. The van der Waals surface area contributed by atoms with Crippen LogP contribution in [0.2, 0.25) is 0 Å². The van der Waals surface area contributed by atoms with Gasteiger partial charge in [0.15, 0.2) is 0 Å². The van der Waals surface area contributed by atoms with Gasteiger partial charge < -0.3 is 25.8 Å². The summed E-state index contributed by atoms with van der Waals surface area (Å²) in [6.45, 7) is 8.25. The van der Waals surface area contributed by atoms with E-state index in [-0.39, 0.29) is 23.9 Å². The zero-order valence-corrected chi connectivity index (χ0v) is 26.8. The van der Waals surface area contributed by atoms with Crippen LogP contribution in [0.25, 0.3) is 0 Å². The summed E-state index contributed by atoms with van der Waals surface area (Å²) >= 11 is 0. The van der Waals surface area contributed by atoms with Crippen LogP contribution in [-0.2, 0) is 12.8 Å². The highest BCUT2D eigenvalue weighted by Crippen LogP contribution is 2.20. The van der Waals surface area contributed by atoms with Crippen molar-refractivity contribution in [2.75, 3.05) is 13.7 Å². The topological polar surface area (TPSA) is 99.7 Å². The number of aliphatic hydroxyl groups excluding tert-OH is 1. The number of hydrogen-bond donors (Lipinski definition) is 4. The Morgan fingerprint density at radius 2 is 1.38 bits per heavy atom. The largest absolute Gasteiger partial charge is 0.497 e. The van der Waals surface area contributed by atoms with Crippen LogP contribution >= 0.6 is 0 Å². The molecular weight excluding hydrogens is 562 g/mol. The molecule has 0 aliphatic rings. The standard InChI is InChI=1S/C38H45N3O4/c1-6-28-14-10-15-30(20-28)26(3)39-24-36(42)35(21-29-12-8-7-9-13-29)41-38(44)33-19-25(2)18-32(22-33)37(43)40-27(4)31-16-11-17-34(23-31)45-5/h7-20,22-23,26-27,35-36,39,42H,6,21,24H2,1-5H3,(H,40,43)(H,41,44)/t26?,27-,35+,36-/m1/s1. The molecule has 0 radical (unpaired) electrons. The Morgan fingerprint density at radius 3 is 2.04 bits per heavy atom. The molecule has 7 heteroatoms. The fraction of sp³-hybridized carbons (Fsp3) is 0.316. The number of methoxy groups -OCH3 is 1. The molecule has 0 fully saturated rings. The van der Waals surface area contributed by atoms with Crippen LogP contribution in [0, 0.1) is 6.92 Å². The van der Waals surface area contributed by atoms with Gasteiger partial charge in [0.2, 0.25) is 0 Å². The van der Waals surface area contributed by atoms with Gasteiger partial charge in [-0.1, -0.05) is 73.7 Å². The third kappa shape index (κ3) is 9.51. The smallest absolute Gasteiger partial charge is 0.251 e. The minimum Gasteiger partial charge on any atom is -0.497 e. The fourth-order valence-electron chi connectivity index (χ4n) is 5.36. The van der Waals surface area contributed by atoms with Gasteiger partial charge >= 0.3 is 0 Å². The van der Waals surface area contributed by atoms with E-state index in [1.54, 1.807) is 25.3 Å². The molecule has 0 bridgehead atoms. The molecule has 2 amide bonds. The minimum absolute atomic E-state index is 0.0245. The van der Waals surface area contributed by atoms with E-state index < -0.39 is 12.1 Å². The predicted molar refractivity (Wildman–Crippen MR) is 180 cm³/mol. The van der Waals surface area contributed by atoms with E-state index in [9.17, 15) is 14.7 Å². The number of aryl methyl sites for hydroxylation is 2. The second-order valence-corrected chi connectivity index (χ2v) is 11.6. The summed E-state index contributed by atoms with van der Waals surface area (Å²) in [6, 6.07) is 30.1. The average Bonchev–Trinajstić information content (AvgIpc) is 3.06. The van der Waals surface area contributed by atoms with Crippen LogP contribution in [0.3, 0.4) is 0 Å². The lowest BCUT2D eigenvalue weighted by atomic mass is 9.99. The van der Waals surface area contributed by atoms with Gasteiger partial charge in [-0.25, -0.2) is 0 Å². The second kappa shape index (κ2) is 16.0. The summed E-state index contributed by atoms with van der Waals surface area (Å²) in [7, 11) is 1.61. The Labute approximate surface area is 267 Å². The highest BCUT2D eigenvalue weighted by molar-refractivity contribution is 6.00. The number of benzene rings is 4. The molecular formula is C38H45N3O4. The van der Waals surface area contributed by atoms with Crippen molar-refractivity contribution >= 4 is 11.8 Å². The number of nitrogens with one attached hydrogen (secondary N) is 3. The van der Waals surface area contributed by atoms with Crippen LogP contribution < -0.4 is 20.7 Å². The third-order valence-corrected chi connectivity index (χ3v) is 8.11. The van der Waals surface area contributed by atoms with Crippen molar-refractivity contribution in [3.63, 3.8) is 0 Å². The summed E-state index contributed by atoms with van der Waals surface area (Å²) in [5.74, 6) is 0.0808. The van der Waals surface area contributed by atoms with Crippen molar-refractivity contribution < 1.29 is 19.4 Å². The number of rotatable bonds is 14. The molecule has 0 saturated heterocycles. The van der Waals surface area contributed by atoms with Gasteiger partial charge in [-0.3, -0.25) is 9.59 Å². The van der Waals surface area contributed by atoms with Gasteiger partial charge in [0.05, 0.1) is 25.3 Å². The van der Waals surface area contributed by atoms with Crippen molar-refractivity contribution in [1.82, 2.24) is 16.0 Å². The molecule has 0 aliphatic carbocycles. The van der Waals surface area contributed by atoms with Crippen LogP contribution in [0.4, 0.5) is 0 Å². The molecule has 0 aromatic heterocycles. The van der Waals surface area contributed by atoms with E-state index in [0.29, 0.717) is 29.8 Å². The Balaban J connectivity index is 1.47. The van der Waals surface area contributed by atoms with Gasteiger partial charge in [0, 0.05) is 23.7 Å². The van der Waals surface area contributed by atoms with Crippen molar-refractivity contribution in [1.29, 1.82) is 0 Å². The first-order valence-electron chi connectivity index (χ1n) is 15.6. The lowest BCUT2D eigenvalue weighted by Crippen LogP contribution is -2.49. The maximum Gasteiger partial charge on any atom is 0.251 e. The normalized spacial score (nSPS) is 13.7. The third-order valence-electron chi connectivity index (χ3n) is 8.11. The molecule has 45 heavy (non-hydrogen) atoms. The Hall–Kier alpha value is -4.46. The van der Waals surface area contributed by atoms with Crippen molar-refractivity contribution in [3.8, 4) is 5.75 Å². The van der Waals surface area contributed by atoms with E-state index in [0.717, 1.165) is 28.7 Å². The maximum absolute atomic E-state index is 13.6. The first-order chi connectivity index (χ1) is 21.7. The van der Waals surface area contributed by atoms with E-state index >= 15 is 0 Å². The minimum atomic E-state index is -0.859. The predicted octanol–water partition coefficient (Wildman–Crippen LogP) is 6.11. The summed E-state index contributed by atoms with van der Waals surface area (Å²) in [6.07, 6.45) is 0.548. The van der Waals surface area contributed by atoms with Crippen LogP contribution in [-0.4, -0.2) is 42.7 Å². The molecule has 0 saturated carbocycles. The van der Waals surface area contributed by atoms with Gasteiger partial charge in [-0.2, -0.15) is 0 Å². The van der Waals surface area contributed by atoms with Crippen LogP contribution in [0.15, 0.2) is 97.1 Å². The SMILES string of the molecule is CCc1cccc(C(C)NC[C@@H](O)[C@H](Cc2ccccc2)NC(=O)c2cc(C)cc(C(=O)N[C@H](C)c3cccc(OC)c3)c2)c1. The lowest BCUT2D eigenvalue weighted by Gasteiger charge is -2.26. The van der Waals surface area contributed by atoms with E-state index in [1.165, 1.54) is 5.56 Å². The monoisotopic (exact) mass is 607 g/mol. The second-order valence-electron chi connectivity index (χ2n) is 11.6. The van der Waals surface area contributed by atoms with E-state index in [4.69, 9.17) is 4.74 Å². The summed E-state index contributed by atoms with van der Waals surface area (Å²) < 4.78 is 5.31. The molecule has 0 heterocycles. The molecule has 1 unspecified atom stereocenters. The highest BCUT2D eigenvalue weighted by Gasteiger charge is 2.24. The Kier molecular flexibility index (Phi) is 11.9. The van der Waals surface area contributed by atoms with Crippen LogP contribution in [0.5, 0.6) is 5.75 Å². The molecule has 0 spiro atoms. The molecule has 4 atom stereocenters. The van der Waals surface area contributed by atoms with E-state index in [1.807, 2.05) is 68.4 Å². The number of hydrogen-bond acceptors (Lipinski definition) is 5.